The van der Waals surface area contributed by atoms with Crippen molar-refractivity contribution in [2.45, 2.75) is 49.5 Å². The van der Waals surface area contributed by atoms with Gasteiger partial charge in [-0.3, -0.25) is 0 Å². The summed E-state index contributed by atoms with van der Waals surface area (Å²) in [5, 5.41) is 0. The zero-order valence-electron chi connectivity index (χ0n) is 11.3. The van der Waals surface area contributed by atoms with Crippen LogP contribution >= 0.6 is 11.8 Å². The second-order valence-corrected chi connectivity index (χ2v) is 6.20. The summed E-state index contributed by atoms with van der Waals surface area (Å²) >= 11 is 1.64. The molecule has 0 saturated carbocycles. The summed E-state index contributed by atoms with van der Waals surface area (Å²) in [6, 6.07) is 6.84. The van der Waals surface area contributed by atoms with Gasteiger partial charge in [0.1, 0.15) is 5.82 Å². The van der Waals surface area contributed by atoms with Gasteiger partial charge in [0, 0.05) is 16.7 Å². The van der Waals surface area contributed by atoms with Gasteiger partial charge in [-0.05, 0) is 43.9 Å². The van der Waals surface area contributed by atoms with E-state index in [1.165, 1.54) is 37.3 Å². The van der Waals surface area contributed by atoms with Crippen molar-refractivity contribution >= 4 is 11.8 Å². The van der Waals surface area contributed by atoms with Crippen LogP contribution in [-0.4, -0.2) is 11.8 Å². The van der Waals surface area contributed by atoms with Crippen molar-refractivity contribution in [2.24, 2.45) is 5.73 Å². The minimum Gasteiger partial charge on any atom is -0.324 e. The van der Waals surface area contributed by atoms with Crippen LogP contribution in [0.25, 0.3) is 0 Å². The lowest BCUT2D eigenvalue weighted by atomic mass is 9.96. The molecule has 104 valence electrons. The minimum atomic E-state index is -0.177. The van der Waals surface area contributed by atoms with Gasteiger partial charge in [0.15, 0.2) is 0 Å². The molecule has 2 rings (SSSR count). The van der Waals surface area contributed by atoms with E-state index in [1.807, 2.05) is 6.07 Å². The Kier molecular flexibility index (Phi) is 5.93. The number of nitrogens with two attached hydrogens (primary N) is 1. The van der Waals surface area contributed by atoms with E-state index in [0.717, 1.165) is 23.5 Å². The van der Waals surface area contributed by atoms with Crippen LogP contribution in [0.4, 0.5) is 4.39 Å². The molecule has 0 heterocycles. The van der Waals surface area contributed by atoms with E-state index in [1.54, 1.807) is 23.9 Å². The Morgan fingerprint density at radius 2 is 2.05 bits per heavy atom. The Hall–Kier alpha value is -0.800. The third-order valence-corrected chi connectivity index (χ3v) is 4.64. The van der Waals surface area contributed by atoms with Crippen LogP contribution < -0.4 is 5.73 Å². The van der Waals surface area contributed by atoms with Gasteiger partial charge in [-0.2, -0.15) is 0 Å². The molecule has 0 aliphatic heterocycles. The van der Waals surface area contributed by atoms with Crippen molar-refractivity contribution in [3.05, 3.63) is 41.7 Å². The van der Waals surface area contributed by atoms with Crippen molar-refractivity contribution in [3.63, 3.8) is 0 Å². The molecule has 1 atom stereocenters. The summed E-state index contributed by atoms with van der Waals surface area (Å²) in [5.74, 6) is 0.652. The fourth-order valence-corrected chi connectivity index (χ4v) is 3.36. The Labute approximate surface area is 119 Å². The van der Waals surface area contributed by atoms with Gasteiger partial charge in [-0.15, -0.1) is 11.8 Å². The Balaban J connectivity index is 1.87. The van der Waals surface area contributed by atoms with E-state index in [4.69, 9.17) is 5.73 Å². The lowest BCUT2D eigenvalue weighted by molar-refractivity contribution is 0.606. The molecular weight excluding hydrogens is 257 g/mol. The van der Waals surface area contributed by atoms with Crippen LogP contribution in [0.15, 0.2) is 40.8 Å². The maximum Gasteiger partial charge on any atom is 0.124 e. The van der Waals surface area contributed by atoms with Crippen LogP contribution in [-0.2, 0) is 0 Å². The largest absolute Gasteiger partial charge is 0.324 e. The summed E-state index contributed by atoms with van der Waals surface area (Å²) in [7, 11) is 0. The molecule has 1 nitrogen and oxygen atoms in total. The zero-order chi connectivity index (χ0) is 13.5. The van der Waals surface area contributed by atoms with Gasteiger partial charge in [0.25, 0.3) is 0 Å². The second kappa shape index (κ2) is 7.71. The molecule has 1 aromatic carbocycles. The van der Waals surface area contributed by atoms with E-state index in [9.17, 15) is 4.39 Å². The van der Waals surface area contributed by atoms with Crippen molar-refractivity contribution in [2.75, 3.05) is 5.75 Å². The summed E-state index contributed by atoms with van der Waals surface area (Å²) in [6.07, 6.45) is 9.82. The average molecular weight is 279 g/mol. The molecule has 0 aromatic heterocycles. The maximum atomic E-state index is 13.1. The average Bonchev–Trinajstić information content (AvgIpc) is 2.36. The standard InChI is InChI=1S/C16H22FNS/c17-14-9-6-10-15(11-14)19-12-16(18)13-7-4-2-1-3-5-8-13/h6-7,9-11,16H,1-5,8,12,18H2/b13-7+. The smallest absolute Gasteiger partial charge is 0.124 e. The summed E-state index contributed by atoms with van der Waals surface area (Å²) < 4.78 is 13.1. The number of thioether (sulfide) groups is 1. The molecule has 0 radical (unpaired) electrons. The molecule has 2 N–H and O–H groups in total. The molecule has 1 aliphatic carbocycles. The van der Waals surface area contributed by atoms with E-state index < -0.39 is 0 Å². The molecule has 0 amide bonds. The molecule has 1 unspecified atom stereocenters. The van der Waals surface area contributed by atoms with Crippen LogP contribution in [0.1, 0.15) is 38.5 Å². The van der Waals surface area contributed by atoms with E-state index >= 15 is 0 Å². The molecule has 0 fully saturated rings. The van der Waals surface area contributed by atoms with Gasteiger partial charge >= 0.3 is 0 Å². The predicted molar refractivity (Wildman–Crippen MR) is 80.9 cm³/mol. The minimum absolute atomic E-state index is 0.103. The second-order valence-electron chi connectivity index (χ2n) is 5.11. The molecule has 3 heteroatoms. The highest BCUT2D eigenvalue weighted by Crippen LogP contribution is 2.24. The molecule has 0 bridgehead atoms. The lowest BCUT2D eigenvalue weighted by Crippen LogP contribution is -2.25. The molecule has 1 aliphatic rings. The third kappa shape index (κ3) is 5.00. The molecule has 19 heavy (non-hydrogen) atoms. The van der Waals surface area contributed by atoms with E-state index in [2.05, 4.69) is 6.08 Å². The molecular formula is C16H22FNS. The molecule has 0 spiro atoms. The van der Waals surface area contributed by atoms with E-state index in [0.29, 0.717) is 0 Å². The van der Waals surface area contributed by atoms with Gasteiger partial charge in [0.05, 0.1) is 0 Å². The first-order chi connectivity index (χ1) is 9.25. The van der Waals surface area contributed by atoms with Crippen LogP contribution in [0.3, 0.4) is 0 Å². The fraction of sp³-hybridized carbons (Fsp3) is 0.500. The predicted octanol–water partition coefficient (Wildman–Crippen LogP) is 4.53. The molecule has 0 saturated heterocycles. The van der Waals surface area contributed by atoms with Gasteiger partial charge in [-0.1, -0.05) is 30.6 Å². The Morgan fingerprint density at radius 3 is 2.89 bits per heavy atom. The first-order valence-corrected chi connectivity index (χ1v) is 8.07. The number of rotatable bonds is 4. The Bertz CT molecular complexity index is 431. The van der Waals surface area contributed by atoms with Crippen LogP contribution in [0.2, 0.25) is 0 Å². The van der Waals surface area contributed by atoms with Gasteiger partial charge in [-0.25, -0.2) is 4.39 Å². The molecule has 1 aromatic rings. The normalized spacial score (nSPS) is 21.1. The number of halogens is 1. The highest BCUT2D eigenvalue weighted by Gasteiger charge is 2.11. The van der Waals surface area contributed by atoms with Crippen molar-refractivity contribution in [1.82, 2.24) is 0 Å². The SMILES string of the molecule is NC(CSc1cccc(F)c1)/C1=C/CCCCCC1. The highest BCUT2D eigenvalue weighted by atomic mass is 32.2. The first-order valence-electron chi connectivity index (χ1n) is 7.08. The number of benzene rings is 1. The monoisotopic (exact) mass is 279 g/mol. The zero-order valence-corrected chi connectivity index (χ0v) is 12.1. The maximum absolute atomic E-state index is 13.1. The number of hydrogen-bond donors (Lipinski definition) is 1. The number of hydrogen-bond acceptors (Lipinski definition) is 2. The van der Waals surface area contributed by atoms with E-state index in [-0.39, 0.29) is 11.9 Å². The lowest BCUT2D eigenvalue weighted by Gasteiger charge is -2.18. The Morgan fingerprint density at radius 1 is 1.21 bits per heavy atom. The third-order valence-electron chi connectivity index (χ3n) is 3.53. The van der Waals surface area contributed by atoms with Crippen molar-refractivity contribution < 1.29 is 4.39 Å². The summed E-state index contributed by atoms with van der Waals surface area (Å²) in [4.78, 5) is 0.960. The van der Waals surface area contributed by atoms with Crippen molar-refractivity contribution in [1.29, 1.82) is 0 Å². The van der Waals surface area contributed by atoms with Gasteiger partial charge in [0.2, 0.25) is 0 Å². The van der Waals surface area contributed by atoms with Crippen molar-refractivity contribution in [3.8, 4) is 0 Å². The number of allylic oxidation sites excluding steroid dienone is 1. The quantitative estimate of drug-likeness (QED) is 0.647. The van der Waals surface area contributed by atoms with Crippen LogP contribution in [0, 0.1) is 5.82 Å². The highest BCUT2D eigenvalue weighted by molar-refractivity contribution is 7.99. The summed E-state index contributed by atoms with van der Waals surface area (Å²) in [6.45, 7) is 0. The first kappa shape index (κ1) is 14.6. The summed E-state index contributed by atoms with van der Waals surface area (Å²) in [5.41, 5.74) is 7.66. The van der Waals surface area contributed by atoms with Crippen LogP contribution in [0.5, 0.6) is 0 Å². The fourth-order valence-electron chi connectivity index (χ4n) is 2.40. The topological polar surface area (TPSA) is 26.0 Å². The van der Waals surface area contributed by atoms with Gasteiger partial charge < -0.3 is 5.73 Å².